The fraction of sp³-hybridized carbons (Fsp3) is 0.294. The molecular weight excluding hydrogens is 386 g/mol. The van der Waals surface area contributed by atoms with Crippen molar-refractivity contribution in [3.63, 3.8) is 0 Å². The number of benzene rings is 1. The average Bonchev–Trinajstić information content (AvgIpc) is 3.36. The highest BCUT2D eigenvalue weighted by atomic mass is 35.5. The van der Waals surface area contributed by atoms with E-state index in [1.807, 2.05) is 22.7 Å². The Morgan fingerprint density at radius 2 is 1.96 bits per heavy atom. The minimum Gasteiger partial charge on any atom is -0.494 e. The lowest BCUT2D eigenvalue weighted by molar-refractivity contribution is 0.419. The van der Waals surface area contributed by atoms with Crippen molar-refractivity contribution >= 4 is 49.8 Å². The van der Waals surface area contributed by atoms with Gasteiger partial charge in [0.1, 0.15) is 17.6 Å². The summed E-state index contributed by atoms with van der Waals surface area (Å²) in [7, 11) is 1.65. The molecule has 0 radical (unpaired) electrons. The van der Waals surface area contributed by atoms with Gasteiger partial charge in [0.15, 0.2) is 10.9 Å². The molecule has 1 aromatic carbocycles. The number of methoxy groups -OCH3 is 1. The monoisotopic (exact) mass is 401 g/mol. The Kier molecular flexibility index (Phi) is 3.98. The highest BCUT2D eigenvalue weighted by molar-refractivity contribution is 7.22. The molecule has 10 heteroatoms. The van der Waals surface area contributed by atoms with E-state index in [1.165, 1.54) is 0 Å². The Morgan fingerprint density at radius 1 is 1.15 bits per heavy atom. The van der Waals surface area contributed by atoms with E-state index >= 15 is 0 Å². The van der Waals surface area contributed by atoms with Crippen LogP contribution in [0.3, 0.4) is 0 Å². The number of halogens is 1. The van der Waals surface area contributed by atoms with Crippen LogP contribution in [0.15, 0.2) is 30.9 Å². The van der Waals surface area contributed by atoms with Gasteiger partial charge in [0, 0.05) is 38.6 Å². The molecule has 4 aromatic rings. The van der Waals surface area contributed by atoms with Gasteiger partial charge in [-0.25, -0.2) is 9.97 Å². The van der Waals surface area contributed by atoms with E-state index in [-0.39, 0.29) is 0 Å². The maximum atomic E-state index is 6.35. The molecule has 27 heavy (non-hydrogen) atoms. The van der Waals surface area contributed by atoms with Gasteiger partial charge in [0.2, 0.25) is 5.65 Å². The molecule has 5 rings (SSSR count). The summed E-state index contributed by atoms with van der Waals surface area (Å²) in [5.74, 6) is 1.61. The number of anilines is 2. The normalized spacial score (nSPS) is 15.0. The molecule has 0 aliphatic carbocycles. The average molecular weight is 402 g/mol. The van der Waals surface area contributed by atoms with Crippen LogP contribution in [0.25, 0.3) is 15.9 Å². The van der Waals surface area contributed by atoms with Gasteiger partial charge in [-0.05, 0) is 12.1 Å². The molecule has 8 nitrogen and oxygen atoms in total. The second-order valence-corrected chi connectivity index (χ2v) is 7.60. The Hall–Kier alpha value is -2.65. The summed E-state index contributed by atoms with van der Waals surface area (Å²) >= 11 is 7.95. The molecule has 0 saturated carbocycles. The zero-order valence-corrected chi connectivity index (χ0v) is 16.1. The summed E-state index contributed by atoms with van der Waals surface area (Å²) in [6, 6.07) is 3.71. The van der Waals surface area contributed by atoms with Gasteiger partial charge in [-0.3, -0.25) is 4.40 Å². The molecule has 0 N–H and O–H groups in total. The maximum absolute atomic E-state index is 6.35. The Bertz CT molecular complexity index is 1120. The van der Waals surface area contributed by atoms with Crippen molar-refractivity contribution in [3.05, 3.63) is 35.9 Å². The van der Waals surface area contributed by atoms with Gasteiger partial charge in [-0.15, -0.1) is 10.2 Å². The van der Waals surface area contributed by atoms with Gasteiger partial charge >= 0.3 is 0 Å². The largest absolute Gasteiger partial charge is 0.494 e. The quantitative estimate of drug-likeness (QED) is 0.522. The maximum Gasteiger partial charge on any atom is 0.203 e. The molecular formula is C17H16ClN7OS. The summed E-state index contributed by atoms with van der Waals surface area (Å²) in [5.41, 5.74) is 1.60. The first-order chi connectivity index (χ1) is 13.2. The number of piperazine rings is 1. The summed E-state index contributed by atoms with van der Waals surface area (Å²) in [4.78, 5) is 13.8. The predicted octanol–water partition coefficient (Wildman–Crippen LogP) is 2.72. The first-order valence-corrected chi connectivity index (χ1v) is 9.71. The molecule has 1 aliphatic heterocycles. The van der Waals surface area contributed by atoms with E-state index in [2.05, 4.69) is 25.0 Å². The predicted molar refractivity (Wildman–Crippen MR) is 106 cm³/mol. The van der Waals surface area contributed by atoms with Crippen LogP contribution in [0.4, 0.5) is 10.9 Å². The molecule has 4 heterocycles. The van der Waals surface area contributed by atoms with Gasteiger partial charge in [0.05, 0.1) is 16.8 Å². The molecule has 3 aromatic heterocycles. The molecule has 0 spiro atoms. The number of hydrogen-bond acceptors (Lipinski definition) is 8. The summed E-state index contributed by atoms with van der Waals surface area (Å²) in [6.45, 7) is 3.36. The summed E-state index contributed by atoms with van der Waals surface area (Å²) < 4.78 is 8.27. The van der Waals surface area contributed by atoms with Crippen LogP contribution >= 0.6 is 22.9 Å². The lowest BCUT2D eigenvalue weighted by Gasteiger charge is -2.35. The van der Waals surface area contributed by atoms with Crippen molar-refractivity contribution in [1.82, 2.24) is 24.6 Å². The number of thiazole rings is 1. The van der Waals surface area contributed by atoms with Crippen molar-refractivity contribution in [3.8, 4) is 5.75 Å². The fourth-order valence-corrected chi connectivity index (χ4v) is 4.63. The van der Waals surface area contributed by atoms with Crippen LogP contribution in [0.5, 0.6) is 5.75 Å². The molecule has 1 aliphatic rings. The zero-order chi connectivity index (χ0) is 18.4. The number of hydrogen-bond donors (Lipinski definition) is 0. The molecule has 1 fully saturated rings. The second-order valence-electron chi connectivity index (χ2n) is 6.21. The van der Waals surface area contributed by atoms with Crippen molar-refractivity contribution < 1.29 is 4.74 Å². The van der Waals surface area contributed by atoms with Gasteiger partial charge in [0.25, 0.3) is 0 Å². The SMILES string of the molecule is COc1ccc(Cl)c2sc(N3CCN(c4nccn5cnnc45)CC3)nc12. The fourth-order valence-electron chi connectivity index (χ4n) is 3.32. The van der Waals surface area contributed by atoms with Crippen LogP contribution in [0.1, 0.15) is 0 Å². The molecule has 138 valence electrons. The van der Waals surface area contributed by atoms with Crippen molar-refractivity contribution in [1.29, 1.82) is 0 Å². The van der Waals surface area contributed by atoms with E-state index in [0.29, 0.717) is 5.02 Å². The summed E-state index contributed by atoms with van der Waals surface area (Å²) in [6.07, 6.45) is 5.32. The number of nitrogens with zero attached hydrogens (tertiary/aromatic N) is 7. The van der Waals surface area contributed by atoms with E-state index in [0.717, 1.165) is 58.7 Å². The second kappa shape index (κ2) is 6.50. The Balaban J connectivity index is 1.40. The minimum atomic E-state index is 0.705. The highest BCUT2D eigenvalue weighted by Crippen LogP contribution is 2.39. The van der Waals surface area contributed by atoms with Crippen molar-refractivity contribution in [2.75, 3.05) is 43.1 Å². The first-order valence-electron chi connectivity index (χ1n) is 8.52. The third kappa shape index (κ3) is 2.74. The number of ether oxygens (including phenoxy) is 1. The molecule has 0 unspecified atom stereocenters. The van der Waals surface area contributed by atoms with E-state index in [9.17, 15) is 0 Å². The van der Waals surface area contributed by atoms with Crippen LogP contribution in [0.2, 0.25) is 5.02 Å². The zero-order valence-electron chi connectivity index (χ0n) is 14.5. The summed E-state index contributed by atoms with van der Waals surface area (Å²) in [5, 5.41) is 9.82. The lowest BCUT2D eigenvalue weighted by atomic mass is 10.3. The van der Waals surface area contributed by atoms with Gasteiger partial charge < -0.3 is 14.5 Å². The Morgan fingerprint density at radius 3 is 2.78 bits per heavy atom. The molecule has 1 saturated heterocycles. The number of rotatable bonds is 3. The van der Waals surface area contributed by atoms with Crippen LogP contribution in [0, 0.1) is 0 Å². The van der Waals surface area contributed by atoms with Crippen molar-refractivity contribution in [2.24, 2.45) is 0 Å². The topological polar surface area (TPSA) is 71.7 Å². The third-order valence-corrected chi connectivity index (χ3v) is 6.29. The van der Waals surface area contributed by atoms with E-state index in [4.69, 9.17) is 21.3 Å². The molecule has 0 atom stereocenters. The first kappa shape index (κ1) is 16.5. The van der Waals surface area contributed by atoms with Gasteiger partial charge in [-0.1, -0.05) is 22.9 Å². The van der Waals surface area contributed by atoms with Crippen molar-refractivity contribution in [2.45, 2.75) is 0 Å². The van der Waals surface area contributed by atoms with Crippen LogP contribution in [-0.2, 0) is 0 Å². The Labute approximate surface area is 164 Å². The van der Waals surface area contributed by atoms with E-state index < -0.39 is 0 Å². The molecule has 0 bridgehead atoms. The standard InChI is InChI=1S/C17H16ClN7OS/c1-26-12-3-2-11(18)14-13(12)21-17(27-14)24-8-6-23(7-9-24)15-16-22-20-10-25(16)5-4-19-15/h2-5,10H,6-9H2,1H3. The lowest BCUT2D eigenvalue weighted by Crippen LogP contribution is -2.47. The van der Waals surface area contributed by atoms with Crippen LogP contribution < -0.4 is 14.5 Å². The number of fused-ring (bicyclic) bond motifs is 2. The van der Waals surface area contributed by atoms with Gasteiger partial charge in [-0.2, -0.15) is 0 Å². The number of aromatic nitrogens is 5. The highest BCUT2D eigenvalue weighted by Gasteiger charge is 2.23. The molecule has 0 amide bonds. The van der Waals surface area contributed by atoms with Crippen LogP contribution in [-0.4, -0.2) is 57.9 Å². The smallest absolute Gasteiger partial charge is 0.203 e. The van der Waals surface area contributed by atoms with E-state index in [1.54, 1.807) is 31.0 Å². The minimum absolute atomic E-state index is 0.705. The third-order valence-electron chi connectivity index (χ3n) is 4.71.